The van der Waals surface area contributed by atoms with Crippen LogP contribution in [0.3, 0.4) is 0 Å². The summed E-state index contributed by atoms with van der Waals surface area (Å²) in [5, 5.41) is 6.17. The third-order valence-electron chi connectivity index (χ3n) is 3.46. The molecule has 0 saturated heterocycles. The first kappa shape index (κ1) is 13.9. The second-order valence-corrected chi connectivity index (χ2v) is 5.34. The van der Waals surface area contributed by atoms with Gasteiger partial charge >= 0.3 is 0 Å². The Labute approximate surface area is 115 Å². The normalized spacial score (nSPS) is 14.3. The monoisotopic (exact) mass is 261 g/mol. The van der Waals surface area contributed by atoms with Crippen molar-refractivity contribution in [1.82, 2.24) is 10.6 Å². The van der Waals surface area contributed by atoms with Crippen LogP contribution in [0.25, 0.3) is 0 Å². The minimum Gasteiger partial charge on any atom is -0.365 e. The van der Waals surface area contributed by atoms with E-state index >= 15 is 0 Å². The zero-order valence-corrected chi connectivity index (χ0v) is 12.0. The molecule has 2 N–H and O–H groups in total. The number of likely N-dealkylation sites (N-methyl/N-ethyl adjacent to an activating group) is 1. The highest BCUT2D eigenvalue weighted by Gasteiger charge is 2.23. The summed E-state index contributed by atoms with van der Waals surface area (Å²) in [6.45, 7) is 3.40. The Morgan fingerprint density at radius 2 is 2.16 bits per heavy atom. The third kappa shape index (κ3) is 3.96. The number of carbonyl (C=O) groups excluding carboxylic acids is 1. The molecule has 0 aromatic heterocycles. The molecule has 4 nitrogen and oxygen atoms in total. The lowest BCUT2D eigenvalue weighted by molar-refractivity contribution is -0.119. The van der Waals surface area contributed by atoms with Gasteiger partial charge in [0.2, 0.25) is 5.91 Å². The molecule has 2 rings (SSSR count). The van der Waals surface area contributed by atoms with Gasteiger partial charge in [0.25, 0.3) is 0 Å². The Morgan fingerprint density at radius 3 is 2.74 bits per heavy atom. The van der Waals surface area contributed by atoms with Crippen LogP contribution in [0, 0.1) is 6.92 Å². The van der Waals surface area contributed by atoms with E-state index < -0.39 is 0 Å². The van der Waals surface area contributed by atoms with Crippen molar-refractivity contribution < 1.29 is 4.79 Å². The molecule has 1 aromatic carbocycles. The number of hydrogen-bond acceptors (Lipinski definition) is 3. The van der Waals surface area contributed by atoms with Gasteiger partial charge in [0, 0.05) is 25.3 Å². The van der Waals surface area contributed by atoms with Crippen LogP contribution in [0.15, 0.2) is 18.2 Å². The fourth-order valence-electron chi connectivity index (χ4n) is 2.11. The Morgan fingerprint density at radius 1 is 1.42 bits per heavy atom. The molecule has 1 aromatic rings. The van der Waals surface area contributed by atoms with E-state index in [4.69, 9.17) is 0 Å². The predicted octanol–water partition coefficient (Wildman–Crippen LogP) is 1.43. The molecule has 0 bridgehead atoms. The van der Waals surface area contributed by atoms with Gasteiger partial charge in [-0.1, -0.05) is 6.07 Å². The number of hydrogen-bond donors (Lipinski definition) is 2. The molecule has 104 valence electrons. The van der Waals surface area contributed by atoms with Crippen molar-refractivity contribution in [2.75, 3.05) is 25.5 Å². The molecule has 0 atom stereocenters. The van der Waals surface area contributed by atoms with Gasteiger partial charge in [0.15, 0.2) is 0 Å². The van der Waals surface area contributed by atoms with Crippen LogP contribution in [-0.2, 0) is 11.3 Å². The maximum Gasteiger partial charge on any atom is 0.239 e. The molecule has 1 aliphatic carbocycles. The Hall–Kier alpha value is -1.55. The van der Waals surface area contributed by atoms with E-state index in [-0.39, 0.29) is 5.91 Å². The van der Waals surface area contributed by atoms with E-state index in [0.29, 0.717) is 12.6 Å². The third-order valence-corrected chi connectivity index (χ3v) is 3.46. The van der Waals surface area contributed by atoms with E-state index in [1.54, 1.807) is 0 Å². The van der Waals surface area contributed by atoms with E-state index in [1.165, 1.54) is 11.1 Å². The van der Waals surface area contributed by atoms with Gasteiger partial charge in [-0.2, -0.15) is 0 Å². The van der Waals surface area contributed by atoms with Gasteiger partial charge in [-0.3, -0.25) is 4.79 Å². The lowest BCUT2D eigenvalue weighted by Crippen LogP contribution is -2.36. The minimum atomic E-state index is 0.113. The lowest BCUT2D eigenvalue weighted by atomic mass is 10.1. The zero-order valence-electron chi connectivity index (χ0n) is 12.0. The minimum absolute atomic E-state index is 0.113. The number of benzene rings is 1. The van der Waals surface area contributed by atoms with Crippen molar-refractivity contribution in [3.63, 3.8) is 0 Å². The highest BCUT2D eigenvalue weighted by Crippen LogP contribution is 2.20. The van der Waals surface area contributed by atoms with Crippen LogP contribution < -0.4 is 15.5 Å². The highest BCUT2D eigenvalue weighted by molar-refractivity contribution is 5.81. The maximum absolute atomic E-state index is 11.8. The molecule has 19 heavy (non-hydrogen) atoms. The molecule has 1 fully saturated rings. The van der Waals surface area contributed by atoms with Crippen LogP contribution in [0.2, 0.25) is 0 Å². The molecule has 1 aliphatic rings. The summed E-state index contributed by atoms with van der Waals surface area (Å²) in [5.41, 5.74) is 3.63. The topological polar surface area (TPSA) is 44.4 Å². The summed E-state index contributed by atoms with van der Waals surface area (Å²) in [5.74, 6) is 0.113. The SMILES string of the molecule is CNCc1ccc(N(C)CC(=O)NC2CC2)cc1C. The highest BCUT2D eigenvalue weighted by atomic mass is 16.2. The number of nitrogens with zero attached hydrogens (tertiary/aromatic N) is 1. The summed E-state index contributed by atoms with van der Waals surface area (Å²) in [6.07, 6.45) is 2.26. The van der Waals surface area contributed by atoms with Gasteiger partial charge in [-0.05, 0) is 50.1 Å². The molecule has 0 heterocycles. The number of nitrogens with one attached hydrogen (secondary N) is 2. The quantitative estimate of drug-likeness (QED) is 0.814. The van der Waals surface area contributed by atoms with Crippen molar-refractivity contribution in [2.24, 2.45) is 0 Å². The summed E-state index contributed by atoms with van der Waals surface area (Å²) in [6, 6.07) is 6.76. The van der Waals surface area contributed by atoms with Crippen molar-refractivity contribution >= 4 is 11.6 Å². The Balaban J connectivity index is 1.95. The number of rotatable bonds is 6. The first-order valence-electron chi connectivity index (χ1n) is 6.85. The average Bonchev–Trinajstić information content (AvgIpc) is 3.15. The summed E-state index contributed by atoms with van der Waals surface area (Å²) in [4.78, 5) is 13.8. The van der Waals surface area contributed by atoms with E-state index in [2.05, 4.69) is 35.8 Å². The smallest absolute Gasteiger partial charge is 0.239 e. The largest absolute Gasteiger partial charge is 0.365 e. The molecule has 0 radical (unpaired) electrons. The Bertz CT molecular complexity index is 455. The number of anilines is 1. The summed E-state index contributed by atoms with van der Waals surface area (Å²) >= 11 is 0. The molecule has 1 saturated carbocycles. The lowest BCUT2D eigenvalue weighted by Gasteiger charge is -2.20. The van der Waals surface area contributed by atoms with Crippen LogP contribution >= 0.6 is 0 Å². The number of carbonyl (C=O) groups is 1. The van der Waals surface area contributed by atoms with Crippen LogP contribution in [-0.4, -0.2) is 32.6 Å². The second-order valence-electron chi connectivity index (χ2n) is 5.34. The summed E-state index contributed by atoms with van der Waals surface area (Å²) < 4.78 is 0. The first-order valence-corrected chi connectivity index (χ1v) is 6.85. The van der Waals surface area contributed by atoms with Crippen molar-refractivity contribution in [2.45, 2.75) is 32.4 Å². The molecule has 0 aliphatic heterocycles. The van der Waals surface area contributed by atoms with Gasteiger partial charge in [-0.15, -0.1) is 0 Å². The van der Waals surface area contributed by atoms with Gasteiger partial charge in [-0.25, -0.2) is 0 Å². The van der Waals surface area contributed by atoms with E-state index in [1.807, 2.05) is 19.0 Å². The van der Waals surface area contributed by atoms with Crippen molar-refractivity contribution in [3.8, 4) is 0 Å². The van der Waals surface area contributed by atoms with E-state index in [0.717, 1.165) is 25.1 Å². The number of aryl methyl sites for hydroxylation is 1. The molecule has 0 unspecified atom stereocenters. The van der Waals surface area contributed by atoms with Gasteiger partial charge in [0.1, 0.15) is 0 Å². The second kappa shape index (κ2) is 6.06. The first-order chi connectivity index (χ1) is 9.10. The average molecular weight is 261 g/mol. The molecule has 1 amide bonds. The van der Waals surface area contributed by atoms with Crippen molar-refractivity contribution in [1.29, 1.82) is 0 Å². The number of amides is 1. The van der Waals surface area contributed by atoms with Gasteiger partial charge in [0.05, 0.1) is 6.54 Å². The van der Waals surface area contributed by atoms with Crippen molar-refractivity contribution in [3.05, 3.63) is 29.3 Å². The molecule has 0 spiro atoms. The molecular formula is C15H23N3O. The Kier molecular flexibility index (Phi) is 4.43. The predicted molar refractivity (Wildman–Crippen MR) is 78.4 cm³/mol. The van der Waals surface area contributed by atoms with Crippen LogP contribution in [0.5, 0.6) is 0 Å². The maximum atomic E-state index is 11.8. The van der Waals surface area contributed by atoms with Crippen LogP contribution in [0.1, 0.15) is 24.0 Å². The fraction of sp³-hybridized carbons (Fsp3) is 0.533. The summed E-state index contributed by atoms with van der Waals surface area (Å²) in [7, 11) is 3.90. The van der Waals surface area contributed by atoms with E-state index in [9.17, 15) is 4.79 Å². The zero-order chi connectivity index (χ0) is 13.8. The molecular weight excluding hydrogens is 238 g/mol. The van der Waals surface area contributed by atoms with Gasteiger partial charge < -0.3 is 15.5 Å². The van der Waals surface area contributed by atoms with Crippen LogP contribution in [0.4, 0.5) is 5.69 Å². The fourth-order valence-corrected chi connectivity index (χ4v) is 2.11. The standard InChI is InChI=1S/C15H23N3O/c1-11-8-14(7-4-12(11)9-16-2)18(3)10-15(19)17-13-5-6-13/h4,7-8,13,16H,5-6,9-10H2,1-3H3,(H,17,19). The molecule has 4 heteroatoms.